The van der Waals surface area contributed by atoms with Gasteiger partial charge in [-0.05, 0) is 30.3 Å². The average molecular weight is 249 g/mol. The second-order valence-electron chi connectivity index (χ2n) is 5.33. The lowest BCUT2D eigenvalue weighted by molar-refractivity contribution is 0.106. The molecule has 0 aliphatic carbocycles. The fourth-order valence-corrected chi connectivity index (χ4v) is 2.95. The Kier molecular flexibility index (Phi) is 3.33. The fraction of sp³-hybridized carbons (Fsp3) is 0.571. The molecule has 0 aromatic heterocycles. The van der Waals surface area contributed by atoms with Crippen molar-refractivity contribution in [1.82, 2.24) is 15.1 Å². The van der Waals surface area contributed by atoms with Crippen LogP contribution in [-0.4, -0.2) is 49.6 Å². The van der Waals surface area contributed by atoms with Crippen molar-refractivity contribution in [2.75, 3.05) is 39.8 Å². The van der Waals surface area contributed by atoms with Crippen molar-refractivity contribution in [2.45, 2.75) is 12.6 Å². The highest BCUT2D eigenvalue weighted by molar-refractivity contribution is 5.33. The molecule has 1 saturated heterocycles. The summed E-state index contributed by atoms with van der Waals surface area (Å²) in [6, 6.07) is 5.53. The summed E-state index contributed by atoms with van der Waals surface area (Å²) < 4.78 is 13.5. The maximum Gasteiger partial charge on any atom is 0.123 e. The van der Waals surface area contributed by atoms with Crippen LogP contribution in [0.5, 0.6) is 0 Å². The molecule has 1 aromatic rings. The second kappa shape index (κ2) is 4.96. The molecule has 18 heavy (non-hydrogen) atoms. The molecule has 0 spiro atoms. The van der Waals surface area contributed by atoms with E-state index in [9.17, 15) is 4.39 Å². The highest BCUT2D eigenvalue weighted by atomic mass is 19.1. The van der Waals surface area contributed by atoms with Gasteiger partial charge in [0.1, 0.15) is 5.82 Å². The van der Waals surface area contributed by atoms with Crippen molar-refractivity contribution in [2.24, 2.45) is 0 Å². The summed E-state index contributed by atoms with van der Waals surface area (Å²) in [5.41, 5.74) is 2.42. The van der Waals surface area contributed by atoms with Crippen LogP contribution >= 0.6 is 0 Å². The van der Waals surface area contributed by atoms with Gasteiger partial charge in [0, 0.05) is 45.3 Å². The van der Waals surface area contributed by atoms with Crippen molar-refractivity contribution in [3.05, 3.63) is 35.1 Å². The standard InChI is InChI=1S/C14H20FN3/c1-17-4-6-18(7-5-17)14-10-16-9-11-2-3-12(15)8-13(11)14/h2-3,8,14,16H,4-7,9-10H2,1H3/t14-/m1/s1. The lowest BCUT2D eigenvalue weighted by Gasteiger charge is -2.40. The summed E-state index contributed by atoms with van der Waals surface area (Å²) in [7, 11) is 2.16. The normalized spacial score (nSPS) is 26.0. The van der Waals surface area contributed by atoms with Crippen LogP contribution in [0.15, 0.2) is 18.2 Å². The largest absolute Gasteiger partial charge is 0.311 e. The lowest BCUT2D eigenvalue weighted by atomic mass is 9.95. The van der Waals surface area contributed by atoms with Crippen molar-refractivity contribution in [3.63, 3.8) is 0 Å². The molecule has 2 aliphatic heterocycles. The van der Waals surface area contributed by atoms with Crippen LogP contribution in [0.3, 0.4) is 0 Å². The smallest absolute Gasteiger partial charge is 0.123 e. The Labute approximate surface area is 108 Å². The summed E-state index contributed by atoms with van der Waals surface area (Å²) in [4.78, 5) is 4.82. The van der Waals surface area contributed by atoms with Crippen LogP contribution in [0.2, 0.25) is 0 Å². The van der Waals surface area contributed by atoms with Gasteiger partial charge in [-0.3, -0.25) is 4.90 Å². The van der Waals surface area contributed by atoms with E-state index in [4.69, 9.17) is 0 Å². The average Bonchev–Trinajstić information content (AvgIpc) is 2.39. The maximum atomic E-state index is 13.5. The number of piperazine rings is 1. The molecule has 0 saturated carbocycles. The Morgan fingerprint density at radius 3 is 2.78 bits per heavy atom. The molecule has 1 N–H and O–H groups in total. The molecule has 1 aromatic carbocycles. The maximum absolute atomic E-state index is 13.5. The fourth-order valence-electron chi connectivity index (χ4n) is 2.95. The third-order valence-electron chi connectivity index (χ3n) is 4.10. The molecule has 3 nitrogen and oxygen atoms in total. The highest BCUT2D eigenvalue weighted by Crippen LogP contribution is 2.28. The molecule has 0 radical (unpaired) electrons. The first-order valence-electron chi connectivity index (χ1n) is 6.65. The number of halogens is 1. The van der Waals surface area contributed by atoms with E-state index in [1.165, 1.54) is 11.1 Å². The molecule has 0 bridgehead atoms. The number of benzene rings is 1. The van der Waals surface area contributed by atoms with E-state index in [1.54, 1.807) is 12.1 Å². The zero-order valence-corrected chi connectivity index (χ0v) is 10.8. The first kappa shape index (κ1) is 12.1. The summed E-state index contributed by atoms with van der Waals surface area (Å²) in [6.45, 7) is 6.12. The van der Waals surface area contributed by atoms with Gasteiger partial charge in [0.2, 0.25) is 0 Å². The summed E-state index contributed by atoms with van der Waals surface area (Å²) >= 11 is 0. The number of nitrogens with zero attached hydrogens (tertiary/aromatic N) is 2. The Balaban J connectivity index is 1.84. The molecule has 0 amide bonds. The number of fused-ring (bicyclic) bond motifs is 1. The molecule has 2 aliphatic rings. The number of rotatable bonds is 1. The summed E-state index contributed by atoms with van der Waals surface area (Å²) in [5.74, 6) is -0.116. The summed E-state index contributed by atoms with van der Waals surface area (Å²) in [5, 5.41) is 3.44. The van der Waals surface area contributed by atoms with Crippen LogP contribution in [-0.2, 0) is 6.54 Å². The van der Waals surface area contributed by atoms with E-state index < -0.39 is 0 Å². The Bertz CT molecular complexity index is 427. The van der Waals surface area contributed by atoms with E-state index in [0.29, 0.717) is 6.04 Å². The van der Waals surface area contributed by atoms with Crippen LogP contribution in [0, 0.1) is 5.82 Å². The molecule has 4 heteroatoms. The van der Waals surface area contributed by atoms with Crippen molar-refractivity contribution >= 4 is 0 Å². The molecule has 2 heterocycles. The van der Waals surface area contributed by atoms with Gasteiger partial charge in [0.05, 0.1) is 0 Å². The van der Waals surface area contributed by atoms with E-state index in [0.717, 1.165) is 39.3 Å². The predicted octanol–water partition coefficient (Wildman–Crippen LogP) is 1.22. The zero-order valence-electron chi connectivity index (χ0n) is 10.8. The van der Waals surface area contributed by atoms with E-state index in [2.05, 4.69) is 22.2 Å². The molecule has 3 rings (SSSR count). The second-order valence-corrected chi connectivity index (χ2v) is 5.33. The molecule has 0 unspecified atom stereocenters. The molecular formula is C14H20FN3. The first-order valence-corrected chi connectivity index (χ1v) is 6.65. The van der Waals surface area contributed by atoms with E-state index >= 15 is 0 Å². The lowest BCUT2D eigenvalue weighted by Crippen LogP contribution is -2.49. The topological polar surface area (TPSA) is 18.5 Å². The minimum Gasteiger partial charge on any atom is -0.311 e. The predicted molar refractivity (Wildman–Crippen MR) is 69.9 cm³/mol. The van der Waals surface area contributed by atoms with Crippen molar-refractivity contribution in [1.29, 1.82) is 0 Å². The molecule has 1 atom stereocenters. The molecule has 1 fully saturated rings. The van der Waals surface area contributed by atoms with Gasteiger partial charge < -0.3 is 10.2 Å². The van der Waals surface area contributed by atoms with Gasteiger partial charge in [-0.1, -0.05) is 6.07 Å². The minimum atomic E-state index is -0.116. The van der Waals surface area contributed by atoms with Crippen LogP contribution < -0.4 is 5.32 Å². The zero-order chi connectivity index (χ0) is 12.5. The monoisotopic (exact) mass is 249 g/mol. The van der Waals surface area contributed by atoms with Crippen LogP contribution in [0.4, 0.5) is 4.39 Å². The van der Waals surface area contributed by atoms with Gasteiger partial charge in [-0.2, -0.15) is 0 Å². The summed E-state index contributed by atoms with van der Waals surface area (Å²) in [6.07, 6.45) is 0. The van der Waals surface area contributed by atoms with Crippen molar-refractivity contribution < 1.29 is 4.39 Å². The third-order valence-corrected chi connectivity index (χ3v) is 4.10. The van der Waals surface area contributed by atoms with E-state index in [-0.39, 0.29) is 5.82 Å². The van der Waals surface area contributed by atoms with Gasteiger partial charge in [0.25, 0.3) is 0 Å². The van der Waals surface area contributed by atoms with Gasteiger partial charge in [-0.15, -0.1) is 0 Å². The van der Waals surface area contributed by atoms with Gasteiger partial charge in [0.15, 0.2) is 0 Å². The van der Waals surface area contributed by atoms with E-state index in [1.807, 2.05) is 6.07 Å². The number of hydrogen-bond acceptors (Lipinski definition) is 3. The third kappa shape index (κ3) is 2.28. The Morgan fingerprint density at radius 1 is 1.22 bits per heavy atom. The molecular weight excluding hydrogens is 229 g/mol. The van der Waals surface area contributed by atoms with Gasteiger partial charge >= 0.3 is 0 Å². The number of hydrogen-bond donors (Lipinski definition) is 1. The minimum absolute atomic E-state index is 0.116. The quantitative estimate of drug-likeness (QED) is 0.807. The first-order chi connectivity index (χ1) is 8.74. The number of likely N-dealkylation sites (N-methyl/N-ethyl adjacent to an activating group) is 1. The Morgan fingerprint density at radius 2 is 2.00 bits per heavy atom. The molecule has 98 valence electrons. The van der Waals surface area contributed by atoms with Crippen LogP contribution in [0.1, 0.15) is 17.2 Å². The highest BCUT2D eigenvalue weighted by Gasteiger charge is 2.27. The van der Waals surface area contributed by atoms with Gasteiger partial charge in [-0.25, -0.2) is 4.39 Å². The van der Waals surface area contributed by atoms with Crippen molar-refractivity contribution in [3.8, 4) is 0 Å². The Hall–Kier alpha value is -0.970. The van der Waals surface area contributed by atoms with Crippen LogP contribution in [0.25, 0.3) is 0 Å². The number of nitrogens with one attached hydrogen (secondary N) is 1. The SMILES string of the molecule is CN1CCN([C@@H]2CNCc3ccc(F)cc32)CC1.